The van der Waals surface area contributed by atoms with E-state index in [-0.39, 0.29) is 12.5 Å². The minimum Gasteiger partial charge on any atom is -0.372 e. The van der Waals surface area contributed by atoms with Gasteiger partial charge in [-0.3, -0.25) is 4.79 Å². The Balaban J connectivity index is 1.91. The van der Waals surface area contributed by atoms with E-state index in [0.717, 1.165) is 38.4 Å². The summed E-state index contributed by atoms with van der Waals surface area (Å²) in [4.78, 5) is 11.4. The number of amides is 1. The van der Waals surface area contributed by atoms with Gasteiger partial charge in [0.25, 0.3) is 0 Å². The third-order valence-electron chi connectivity index (χ3n) is 3.35. The molecule has 2 N–H and O–H groups in total. The Morgan fingerprint density at radius 2 is 2.33 bits per heavy atom. The van der Waals surface area contributed by atoms with Crippen LogP contribution < -0.4 is 10.6 Å². The lowest BCUT2D eigenvalue weighted by Gasteiger charge is -2.22. The van der Waals surface area contributed by atoms with Crippen LogP contribution in [0.15, 0.2) is 0 Å². The quantitative estimate of drug-likeness (QED) is 0.648. The van der Waals surface area contributed by atoms with Gasteiger partial charge in [0.1, 0.15) is 6.61 Å². The Bertz CT molecular complexity index is 226. The lowest BCUT2D eigenvalue weighted by Crippen LogP contribution is -2.31. The van der Waals surface area contributed by atoms with Gasteiger partial charge >= 0.3 is 0 Å². The van der Waals surface area contributed by atoms with E-state index in [2.05, 4.69) is 24.5 Å². The molecule has 0 aromatic rings. The molecule has 0 radical (unpaired) electrons. The van der Waals surface area contributed by atoms with Gasteiger partial charge < -0.3 is 15.4 Å². The molecule has 1 atom stereocenters. The van der Waals surface area contributed by atoms with Crippen molar-refractivity contribution in [2.24, 2.45) is 11.8 Å². The number of nitrogens with one attached hydrogen (secondary N) is 2. The largest absolute Gasteiger partial charge is 0.372 e. The molecule has 1 saturated heterocycles. The molecule has 4 heteroatoms. The van der Waals surface area contributed by atoms with Crippen LogP contribution in [0.3, 0.4) is 0 Å². The van der Waals surface area contributed by atoms with Gasteiger partial charge in [0.2, 0.25) is 5.91 Å². The third kappa shape index (κ3) is 7.67. The summed E-state index contributed by atoms with van der Waals surface area (Å²) in [5, 5.41) is 6.26. The van der Waals surface area contributed by atoms with Crippen molar-refractivity contribution in [3.8, 4) is 0 Å². The molecular weight excluding hydrogens is 228 g/mol. The number of ether oxygens (including phenoxy) is 1. The Kier molecular flexibility index (Phi) is 8.01. The average molecular weight is 256 g/mol. The van der Waals surface area contributed by atoms with Crippen molar-refractivity contribution in [1.82, 2.24) is 10.6 Å². The van der Waals surface area contributed by atoms with E-state index < -0.39 is 0 Å². The van der Waals surface area contributed by atoms with E-state index in [0.29, 0.717) is 12.5 Å². The van der Waals surface area contributed by atoms with E-state index in [1.807, 2.05) is 0 Å². The van der Waals surface area contributed by atoms with Crippen LogP contribution in [0.4, 0.5) is 0 Å². The summed E-state index contributed by atoms with van der Waals surface area (Å²) in [7, 11) is 0. The molecule has 1 rings (SSSR count). The summed E-state index contributed by atoms with van der Waals surface area (Å²) >= 11 is 0. The van der Waals surface area contributed by atoms with Crippen LogP contribution in [0.1, 0.15) is 39.5 Å². The molecule has 1 aliphatic heterocycles. The van der Waals surface area contributed by atoms with E-state index in [1.54, 1.807) is 0 Å². The van der Waals surface area contributed by atoms with Crippen molar-refractivity contribution in [3.63, 3.8) is 0 Å². The maximum Gasteiger partial charge on any atom is 0.245 e. The predicted octanol–water partition coefficient (Wildman–Crippen LogP) is 1.56. The molecule has 18 heavy (non-hydrogen) atoms. The zero-order chi connectivity index (χ0) is 13.2. The summed E-state index contributed by atoms with van der Waals surface area (Å²) in [6, 6.07) is 0. The second-order valence-electron chi connectivity index (χ2n) is 5.59. The van der Waals surface area contributed by atoms with Crippen LogP contribution in [0, 0.1) is 11.8 Å². The molecule has 0 bridgehead atoms. The topological polar surface area (TPSA) is 50.4 Å². The minimum atomic E-state index is 0.0115. The van der Waals surface area contributed by atoms with Crippen molar-refractivity contribution in [2.75, 3.05) is 32.8 Å². The molecule has 1 fully saturated rings. The number of hydrogen-bond donors (Lipinski definition) is 2. The van der Waals surface area contributed by atoms with Crippen molar-refractivity contribution >= 4 is 5.91 Å². The fourth-order valence-corrected chi connectivity index (χ4v) is 2.14. The average Bonchev–Trinajstić information content (AvgIpc) is 2.35. The van der Waals surface area contributed by atoms with Gasteiger partial charge in [-0.2, -0.15) is 0 Å². The second kappa shape index (κ2) is 9.34. The first-order valence-electron chi connectivity index (χ1n) is 7.23. The fourth-order valence-electron chi connectivity index (χ4n) is 2.14. The van der Waals surface area contributed by atoms with E-state index >= 15 is 0 Å². The zero-order valence-electron chi connectivity index (χ0n) is 11.8. The molecular formula is C14H28N2O2. The SMILES string of the molecule is CC(C)CCNC(=O)COCCC1CCCNC1. The van der Waals surface area contributed by atoms with Crippen LogP contribution in [0.2, 0.25) is 0 Å². The fraction of sp³-hybridized carbons (Fsp3) is 0.929. The standard InChI is InChI=1S/C14H28N2O2/c1-12(2)5-8-16-14(17)11-18-9-6-13-4-3-7-15-10-13/h12-13,15H,3-11H2,1-2H3,(H,16,17). The maximum absolute atomic E-state index is 11.4. The van der Waals surface area contributed by atoms with Gasteiger partial charge in [-0.15, -0.1) is 0 Å². The summed E-state index contributed by atoms with van der Waals surface area (Å²) in [5.41, 5.74) is 0. The van der Waals surface area contributed by atoms with Gasteiger partial charge in [0.05, 0.1) is 0 Å². The molecule has 0 aromatic carbocycles. The van der Waals surface area contributed by atoms with E-state index in [1.165, 1.54) is 12.8 Å². The highest BCUT2D eigenvalue weighted by Crippen LogP contribution is 2.13. The number of hydrogen-bond acceptors (Lipinski definition) is 3. The smallest absolute Gasteiger partial charge is 0.245 e. The van der Waals surface area contributed by atoms with Crippen LogP contribution in [-0.2, 0) is 9.53 Å². The first-order chi connectivity index (χ1) is 8.68. The molecule has 0 spiro atoms. The van der Waals surface area contributed by atoms with E-state index in [4.69, 9.17) is 4.74 Å². The Morgan fingerprint density at radius 3 is 3.00 bits per heavy atom. The summed E-state index contributed by atoms with van der Waals surface area (Å²) < 4.78 is 5.42. The van der Waals surface area contributed by atoms with Gasteiger partial charge in [0, 0.05) is 13.2 Å². The molecule has 4 nitrogen and oxygen atoms in total. The molecule has 0 aromatic heterocycles. The Hall–Kier alpha value is -0.610. The molecule has 1 aliphatic rings. The van der Waals surface area contributed by atoms with Gasteiger partial charge in [-0.05, 0) is 50.6 Å². The predicted molar refractivity (Wildman–Crippen MR) is 73.5 cm³/mol. The number of carbonyl (C=O) groups is 1. The first kappa shape index (κ1) is 15.4. The van der Waals surface area contributed by atoms with Crippen LogP contribution in [0.5, 0.6) is 0 Å². The number of piperidine rings is 1. The van der Waals surface area contributed by atoms with Crippen molar-refractivity contribution in [1.29, 1.82) is 0 Å². The Morgan fingerprint density at radius 1 is 1.50 bits per heavy atom. The number of rotatable bonds is 8. The molecule has 106 valence electrons. The zero-order valence-corrected chi connectivity index (χ0v) is 11.8. The second-order valence-corrected chi connectivity index (χ2v) is 5.59. The van der Waals surface area contributed by atoms with Gasteiger partial charge in [-0.25, -0.2) is 0 Å². The van der Waals surface area contributed by atoms with Gasteiger partial charge in [0.15, 0.2) is 0 Å². The normalized spacial score (nSPS) is 20.1. The highest BCUT2D eigenvalue weighted by Gasteiger charge is 2.12. The molecule has 0 saturated carbocycles. The third-order valence-corrected chi connectivity index (χ3v) is 3.35. The lowest BCUT2D eigenvalue weighted by atomic mass is 9.97. The monoisotopic (exact) mass is 256 g/mol. The minimum absolute atomic E-state index is 0.0115. The van der Waals surface area contributed by atoms with E-state index in [9.17, 15) is 4.79 Å². The summed E-state index contributed by atoms with van der Waals surface area (Å²) in [6.07, 6.45) is 4.64. The lowest BCUT2D eigenvalue weighted by molar-refractivity contribution is -0.125. The molecule has 1 amide bonds. The number of carbonyl (C=O) groups excluding carboxylic acids is 1. The van der Waals surface area contributed by atoms with Crippen molar-refractivity contribution in [3.05, 3.63) is 0 Å². The summed E-state index contributed by atoms with van der Waals surface area (Å²) in [5.74, 6) is 1.37. The molecule has 1 heterocycles. The van der Waals surface area contributed by atoms with Crippen LogP contribution in [-0.4, -0.2) is 38.8 Å². The van der Waals surface area contributed by atoms with Crippen LogP contribution >= 0.6 is 0 Å². The highest BCUT2D eigenvalue weighted by atomic mass is 16.5. The Labute approximate surface area is 111 Å². The van der Waals surface area contributed by atoms with Gasteiger partial charge in [-0.1, -0.05) is 13.8 Å². The van der Waals surface area contributed by atoms with Crippen LogP contribution in [0.25, 0.3) is 0 Å². The highest BCUT2D eigenvalue weighted by molar-refractivity contribution is 5.77. The maximum atomic E-state index is 11.4. The molecule has 0 aliphatic carbocycles. The summed E-state index contributed by atoms with van der Waals surface area (Å²) in [6.45, 7) is 8.22. The van der Waals surface area contributed by atoms with Crippen molar-refractivity contribution in [2.45, 2.75) is 39.5 Å². The molecule has 1 unspecified atom stereocenters. The van der Waals surface area contributed by atoms with Crippen molar-refractivity contribution < 1.29 is 9.53 Å². The first-order valence-corrected chi connectivity index (χ1v) is 7.23.